The van der Waals surface area contributed by atoms with Crippen LogP contribution in [0.4, 0.5) is 0 Å². The summed E-state index contributed by atoms with van der Waals surface area (Å²) < 4.78 is 0. The van der Waals surface area contributed by atoms with Crippen LogP contribution in [0.15, 0.2) is 0 Å². The quantitative estimate of drug-likeness (QED) is 0.473. The molecule has 0 spiro atoms. The van der Waals surface area contributed by atoms with Crippen molar-refractivity contribution in [2.24, 2.45) is 5.92 Å². The molecule has 0 saturated carbocycles. The summed E-state index contributed by atoms with van der Waals surface area (Å²) in [5.74, 6) is 2.52. The second kappa shape index (κ2) is 8.59. The number of hydrogen-bond donors (Lipinski definition) is 0. The summed E-state index contributed by atoms with van der Waals surface area (Å²) >= 11 is 0. The molecule has 0 aliphatic rings. The summed E-state index contributed by atoms with van der Waals surface area (Å²) in [7, 11) is 0. The molecule has 0 saturated heterocycles. The number of rotatable bonds is 8. The van der Waals surface area contributed by atoms with Gasteiger partial charge in [-0.05, 0) is 31.1 Å². The fourth-order valence-electron chi connectivity index (χ4n) is 1.49. The summed E-state index contributed by atoms with van der Waals surface area (Å²) in [4.78, 5) is 0. The topological polar surface area (TPSA) is 0 Å². The Labute approximate surface area is 85.1 Å². The lowest BCUT2D eigenvalue weighted by Crippen LogP contribution is -1.99. The van der Waals surface area contributed by atoms with Crippen molar-refractivity contribution in [2.45, 2.75) is 65.7 Å². The number of hydrogen-bond acceptors (Lipinski definition) is 0. The Morgan fingerprint density at radius 1 is 1.15 bits per heavy atom. The van der Waals surface area contributed by atoms with Gasteiger partial charge in [0.25, 0.3) is 0 Å². The Bertz CT molecular complexity index is 94.2. The van der Waals surface area contributed by atoms with Crippen LogP contribution in [0.3, 0.4) is 0 Å². The molecule has 2 radical (unpaired) electrons. The van der Waals surface area contributed by atoms with Gasteiger partial charge < -0.3 is 0 Å². The molecule has 0 aromatic carbocycles. The van der Waals surface area contributed by atoms with E-state index in [0.29, 0.717) is 0 Å². The third-order valence-electron chi connectivity index (χ3n) is 2.56. The van der Waals surface area contributed by atoms with Crippen LogP contribution < -0.4 is 0 Å². The van der Waals surface area contributed by atoms with Gasteiger partial charge in [-0.25, -0.2) is 0 Å². The maximum atomic E-state index is 4.01. The summed E-state index contributed by atoms with van der Waals surface area (Å²) in [6.07, 6.45) is 9.11. The van der Waals surface area contributed by atoms with E-state index in [1.807, 2.05) is 0 Å². The highest BCUT2D eigenvalue weighted by molar-refractivity contribution is 4.90. The zero-order valence-electron chi connectivity index (χ0n) is 9.73. The first kappa shape index (κ1) is 13.0. The van der Waals surface area contributed by atoms with Crippen molar-refractivity contribution in [3.05, 3.63) is 12.8 Å². The maximum Gasteiger partial charge on any atom is -0.0241 e. The van der Waals surface area contributed by atoms with Crippen LogP contribution in [0.2, 0.25) is 0 Å². The zero-order valence-corrected chi connectivity index (χ0v) is 9.73. The minimum Gasteiger partial charge on any atom is -0.0654 e. The third-order valence-corrected chi connectivity index (χ3v) is 2.56. The second-order valence-electron chi connectivity index (χ2n) is 4.39. The lowest BCUT2D eigenvalue weighted by atomic mass is 9.91. The van der Waals surface area contributed by atoms with Crippen LogP contribution in [-0.4, -0.2) is 0 Å². The van der Waals surface area contributed by atoms with Gasteiger partial charge in [-0.2, -0.15) is 0 Å². The van der Waals surface area contributed by atoms with E-state index in [1.54, 1.807) is 5.92 Å². The van der Waals surface area contributed by atoms with Crippen molar-refractivity contribution in [1.82, 2.24) is 0 Å². The Morgan fingerprint density at radius 2 is 1.85 bits per heavy atom. The SMILES string of the molecule is [CH2]C[C](CCCCC)CCC(C)C. The van der Waals surface area contributed by atoms with E-state index in [2.05, 4.69) is 27.7 Å². The highest BCUT2D eigenvalue weighted by atomic mass is 14.1. The average molecular weight is 182 g/mol. The Balaban J connectivity index is 3.39. The van der Waals surface area contributed by atoms with Crippen LogP contribution in [0, 0.1) is 18.8 Å². The molecular formula is C13H26. The Morgan fingerprint density at radius 3 is 2.31 bits per heavy atom. The fraction of sp³-hybridized carbons (Fsp3) is 0.846. The van der Waals surface area contributed by atoms with Crippen molar-refractivity contribution >= 4 is 0 Å². The smallest absolute Gasteiger partial charge is 0.0241 e. The molecule has 0 nitrogen and oxygen atoms in total. The summed E-state index contributed by atoms with van der Waals surface area (Å²) in [6.45, 7) is 10.9. The van der Waals surface area contributed by atoms with E-state index in [1.165, 1.54) is 38.5 Å². The van der Waals surface area contributed by atoms with Crippen LogP contribution in [-0.2, 0) is 0 Å². The molecule has 78 valence electrons. The van der Waals surface area contributed by atoms with E-state index in [0.717, 1.165) is 12.3 Å². The van der Waals surface area contributed by atoms with Gasteiger partial charge in [0.15, 0.2) is 0 Å². The predicted octanol–water partition coefficient (Wildman–Crippen LogP) is 4.80. The van der Waals surface area contributed by atoms with Crippen molar-refractivity contribution in [3.8, 4) is 0 Å². The lowest BCUT2D eigenvalue weighted by molar-refractivity contribution is 0.527. The standard InChI is InChI=1S/C13H26/c1-5-7-8-9-13(6-2)11-10-12(3)4/h12H,2,5-11H2,1,3-4H3. The van der Waals surface area contributed by atoms with Gasteiger partial charge in [0.05, 0.1) is 0 Å². The van der Waals surface area contributed by atoms with Crippen LogP contribution >= 0.6 is 0 Å². The molecular weight excluding hydrogens is 156 g/mol. The van der Waals surface area contributed by atoms with E-state index in [4.69, 9.17) is 0 Å². The molecule has 0 amide bonds. The fourth-order valence-corrected chi connectivity index (χ4v) is 1.49. The molecule has 0 aliphatic heterocycles. The van der Waals surface area contributed by atoms with Crippen molar-refractivity contribution in [1.29, 1.82) is 0 Å². The first-order valence-corrected chi connectivity index (χ1v) is 5.83. The van der Waals surface area contributed by atoms with Gasteiger partial charge in [-0.1, -0.05) is 53.4 Å². The van der Waals surface area contributed by atoms with E-state index >= 15 is 0 Å². The summed E-state index contributed by atoms with van der Waals surface area (Å²) in [5, 5.41) is 0. The van der Waals surface area contributed by atoms with E-state index in [-0.39, 0.29) is 0 Å². The van der Waals surface area contributed by atoms with Gasteiger partial charge in [0.2, 0.25) is 0 Å². The van der Waals surface area contributed by atoms with Gasteiger partial charge >= 0.3 is 0 Å². The molecule has 0 rings (SSSR count). The van der Waals surface area contributed by atoms with Crippen LogP contribution in [0.1, 0.15) is 65.7 Å². The van der Waals surface area contributed by atoms with E-state index in [9.17, 15) is 0 Å². The second-order valence-corrected chi connectivity index (χ2v) is 4.39. The average Bonchev–Trinajstić information content (AvgIpc) is 2.10. The Kier molecular flexibility index (Phi) is 8.59. The highest BCUT2D eigenvalue weighted by Gasteiger charge is 2.07. The lowest BCUT2D eigenvalue weighted by Gasteiger charge is -2.14. The molecule has 0 bridgehead atoms. The van der Waals surface area contributed by atoms with Crippen molar-refractivity contribution in [2.75, 3.05) is 0 Å². The van der Waals surface area contributed by atoms with Crippen LogP contribution in [0.5, 0.6) is 0 Å². The maximum absolute atomic E-state index is 4.01. The van der Waals surface area contributed by atoms with Gasteiger partial charge in [-0.15, -0.1) is 0 Å². The van der Waals surface area contributed by atoms with E-state index < -0.39 is 0 Å². The molecule has 13 heavy (non-hydrogen) atoms. The van der Waals surface area contributed by atoms with Crippen LogP contribution in [0.25, 0.3) is 0 Å². The molecule has 0 unspecified atom stereocenters. The molecule has 0 heteroatoms. The predicted molar refractivity (Wildman–Crippen MR) is 61.4 cm³/mol. The summed E-state index contributed by atoms with van der Waals surface area (Å²) in [6, 6.07) is 0. The monoisotopic (exact) mass is 182 g/mol. The molecule has 0 heterocycles. The first-order valence-electron chi connectivity index (χ1n) is 5.83. The van der Waals surface area contributed by atoms with Gasteiger partial charge in [0.1, 0.15) is 0 Å². The minimum atomic E-state index is 0.840. The van der Waals surface area contributed by atoms with Crippen molar-refractivity contribution in [3.63, 3.8) is 0 Å². The highest BCUT2D eigenvalue weighted by Crippen LogP contribution is 2.23. The molecule has 0 aliphatic carbocycles. The first-order chi connectivity index (χ1) is 6.20. The number of unbranched alkanes of at least 4 members (excludes halogenated alkanes) is 2. The minimum absolute atomic E-state index is 0.840. The normalized spacial score (nSPS) is 11.5. The molecule has 0 aromatic rings. The molecule has 0 aromatic heterocycles. The molecule has 0 N–H and O–H groups in total. The third kappa shape index (κ3) is 8.33. The molecule has 0 fully saturated rings. The van der Waals surface area contributed by atoms with Gasteiger partial charge in [-0.3, -0.25) is 0 Å². The summed E-state index contributed by atoms with van der Waals surface area (Å²) in [5.41, 5.74) is 0. The largest absolute Gasteiger partial charge is 0.0654 e. The molecule has 0 atom stereocenters. The Hall–Kier alpha value is 0. The van der Waals surface area contributed by atoms with Crippen molar-refractivity contribution < 1.29 is 0 Å². The zero-order chi connectivity index (χ0) is 10.1. The van der Waals surface area contributed by atoms with Gasteiger partial charge in [0, 0.05) is 0 Å².